The molecule has 0 aromatic heterocycles. The molecule has 84 valence electrons. The Kier molecular flexibility index (Phi) is 4.59. The van der Waals surface area contributed by atoms with Crippen molar-refractivity contribution in [2.24, 2.45) is 0 Å². The first-order valence-corrected chi connectivity index (χ1v) is 5.34. The van der Waals surface area contributed by atoms with Crippen molar-refractivity contribution in [1.29, 1.82) is 0 Å². The van der Waals surface area contributed by atoms with Crippen LogP contribution >= 0.6 is 0 Å². The van der Waals surface area contributed by atoms with Crippen LogP contribution in [0, 0.1) is 0 Å². The molecule has 0 spiro atoms. The number of rotatable bonds is 5. The molecule has 2 atom stereocenters. The smallest absolute Gasteiger partial charge is 0.120 e. The molecule has 1 rings (SSSR count). The highest BCUT2D eigenvalue weighted by atomic mass is 16.3. The van der Waals surface area contributed by atoms with Gasteiger partial charge in [0.05, 0.1) is 6.10 Å². The van der Waals surface area contributed by atoms with Gasteiger partial charge in [0.25, 0.3) is 0 Å². The van der Waals surface area contributed by atoms with E-state index in [1.165, 1.54) is 0 Å². The van der Waals surface area contributed by atoms with E-state index in [9.17, 15) is 10.2 Å². The number of para-hydroxylation sites is 1. The van der Waals surface area contributed by atoms with E-state index in [1.807, 2.05) is 19.1 Å². The minimum absolute atomic E-state index is 0.0980. The molecule has 0 unspecified atom stereocenters. The third-order valence-corrected chi connectivity index (χ3v) is 2.38. The second-order valence-electron chi connectivity index (χ2n) is 3.78. The lowest BCUT2D eigenvalue weighted by Crippen LogP contribution is -2.28. The summed E-state index contributed by atoms with van der Waals surface area (Å²) in [6.45, 7) is 4.32. The molecule has 15 heavy (non-hydrogen) atoms. The van der Waals surface area contributed by atoms with Gasteiger partial charge < -0.3 is 15.5 Å². The van der Waals surface area contributed by atoms with Crippen LogP contribution in [0.25, 0.3) is 0 Å². The standard InChI is InChI=1S/C12H19NO2/c1-3-11(13-8-9(2)14)10-6-4-5-7-12(10)15/h4-7,9,11,13-15H,3,8H2,1-2H3/t9-,11+/m1/s1. The predicted molar refractivity (Wildman–Crippen MR) is 60.8 cm³/mol. The lowest BCUT2D eigenvalue weighted by molar-refractivity contribution is 0.185. The van der Waals surface area contributed by atoms with Crippen molar-refractivity contribution in [1.82, 2.24) is 5.32 Å². The molecule has 0 heterocycles. The summed E-state index contributed by atoms with van der Waals surface area (Å²) in [6, 6.07) is 7.39. The number of phenolic OH excluding ortho intramolecular Hbond substituents is 1. The summed E-state index contributed by atoms with van der Waals surface area (Å²) in [5.74, 6) is 0.308. The topological polar surface area (TPSA) is 52.5 Å². The Labute approximate surface area is 90.8 Å². The quantitative estimate of drug-likeness (QED) is 0.693. The fourth-order valence-corrected chi connectivity index (χ4v) is 1.57. The number of phenols is 1. The lowest BCUT2D eigenvalue weighted by Gasteiger charge is -2.19. The van der Waals surface area contributed by atoms with E-state index < -0.39 is 0 Å². The molecular weight excluding hydrogens is 190 g/mol. The normalized spacial score (nSPS) is 14.9. The van der Waals surface area contributed by atoms with Gasteiger partial charge in [-0.25, -0.2) is 0 Å². The Morgan fingerprint density at radius 3 is 2.53 bits per heavy atom. The molecule has 0 saturated carbocycles. The molecule has 3 nitrogen and oxygen atoms in total. The van der Waals surface area contributed by atoms with E-state index in [4.69, 9.17) is 0 Å². The molecule has 0 aliphatic rings. The Bertz CT molecular complexity index is 299. The van der Waals surface area contributed by atoms with Crippen molar-refractivity contribution in [3.63, 3.8) is 0 Å². The molecule has 3 heteroatoms. The molecule has 0 bridgehead atoms. The zero-order valence-electron chi connectivity index (χ0n) is 9.27. The Hall–Kier alpha value is -1.06. The first kappa shape index (κ1) is 12.0. The number of nitrogens with one attached hydrogen (secondary N) is 1. The zero-order chi connectivity index (χ0) is 11.3. The number of aliphatic hydroxyl groups is 1. The van der Waals surface area contributed by atoms with Crippen molar-refractivity contribution in [3.8, 4) is 5.75 Å². The summed E-state index contributed by atoms with van der Waals surface area (Å²) in [6.07, 6.45) is 0.509. The van der Waals surface area contributed by atoms with E-state index in [2.05, 4.69) is 5.32 Å². The Morgan fingerprint density at radius 2 is 2.00 bits per heavy atom. The summed E-state index contributed by atoms with van der Waals surface area (Å²) in [4.78, 5) is 0. The summed E-state index contributed by atoms with van der Waals surface area (Å²) in [7, 11) is 0. The highest BCUT2D eigenvalue weighted by molar-refractivity contribution is 5.34. The van der Waals surface area contributed by atoms with Crippen LogP contribution in [-0.4, -0.2) is 22.9 Å². The van der Waals surface area contributed by atoms with Crippen LogP contribution in [-0.2, 0) is 0 Å². The molecule has 3 N–H and O–H groups in total. The average Bonchev–Trinajstić information content (AvgIpc) is 2.21. The Balaban J connectivity index is 2.70. The van der Waals surface area contributed by atoms with Gasteiger partial charge in [-0.2, -0.15) is 0 Å². The zero-order valence-corrected chi connectivity index (χ0v) is 9.27. The molecule has 1 aromatic carbocycles. The average molecular weight is 209 g/mol. The molecule has 0 aliphatic carbocycles. The van der Waals surface area contributed by atoms with Crippen LogP contribution in [0.4, 0.5) is 0 Å². The first-order valence-electron chi connectivity index (χ1n) is 5.34. The maximum Gasteiger partial charge on any atom is 0.120 e. The van der Waals surface area contributed by atoms with Crippen LogP contribution < -0.4 is 5.32 Å². The summed E-state index contributed by atoms with van der Waals surface area (Å²) in [5, 5.41) is 22.1. The van der Waals surface area contributed by atoms with Gasteiger partial charge in [-0.3, -0.25) is 0 Å². The SMILES string of the molecule is CC[C@H](NC[C@@H](C)O)c1ccccc1O. The molecule has 0 saturated heterocycles. The van der Waals surface area contributed by atoms with Gasteiger partial charge in [0.15, 0.2) is 0 Å². The van der Waals surface area contributed by atoms with Crippen LogP contribution in [0.1, 0.15) is 31.9 Å². The highest BCUT2D eigenvalue weighted by Gasteiger charge is 2.12. The maximum atomic E-state index is 9.67. The minimum atomic E-state index is -0.370. The van der Waals surface area contributed by atoms with Crippen molar-refractivity contribution in [2.45, 2.75) is 32.4 Å². The van der Waals surface area contributed by atoms with Crippen LogP contribution in [0.15, 0.2) is 24.3 Å². The van der Waals surface area contributed by atoms with E-state index in [-0.39, 0.29) is 12.1 Å². The maximum absolute atomic E-state index is 9.67. The number of aromatic hydroxyl groups is 1. The largest absolute Gasteiger partial charge is 0.508 e. The van der Waals surface area contributed by atoms with E-state index in [0.29, 0.717) is 12.3 Å². The van der Waals surface area contributed by atoms with Crippen LogP contribution in [0.3, 0.4) is 0 Å². The summed E-state index contributed by atoms with van der Waals surface area (Å²) in [5.41, 5.74) is 0.889. The highest BCUT2D eigenvalue weighted by Crippen LogP contribution is 2.25. The van der Waals surface area contributed by atoms with Crippen molar-refractivity contribution >= 4 is 0 Å². The summed E-state index contributed by atoms with van der Waals surface area (Å²) < 4.78 is 0. The molecule has 0 fully saturated rings. The van der Waals surface area contributed by atoms with E-state index >= 15 is 0 Å². The van der Waals surface area contributed by atoms with Crippen molar-refractivity contribution in [2.75, 3.05) is 6.54 Å². The van der Waals surface area contributed by atoms with Crippen molar-refractivity contribution < 1.29 is 10.2 Å². The molecule has 0 radical (unpaired) electrons. The molecular formula is C12H19NO2. The van der Waals surface area contributed by atoms with Gasteiger partial charge >= 0.3 is 0 Å². The first-order chi connectivity index (χ1) is 7.15. The van der Waals surface area contributed by atoms with Gasteiger partial charge in [-0.1, -0.05) is 25.1 Å². The third-order valence-electron chi connectivity index (χ3n) is 2.38. The minimum Gasteiger partial charge on any atom is -0.508 e. The number of aliphatic hydroxyl groups excluding tert-OH is 1. The van der Waals surface area contributed by atoms with Gasteiger partial charge in [-0.15, -0.1) is 0 Å². The lowest BCUT2D eigenvalue weighted by atomic mass is 10.0. The van der Waals surface area contributed by atoms with Gasteiger partial charge in [0, 0.05) is 18.2 Å². The number of benzene rings is 1. The number of hydrogen-bond donors (Lipinski definition) is 3. The molecule has 0 amide bonds. The third kappa shape index (κ3) is 3.53. The van der Waals surface area contributed by atoms with Crippen molar-refractivity contribution in [3.05, 3.63) is 29.8 Å². The molecule has 1 aromatic rings. The van der Waals surface area contributed by atoms with Crippen LogP contribution in [0.5, 0.6) is 5.75 Å². The van der Waals surface area contributed by atoms with Gasteiger partial charge in [0.1, 0.15) is 5.75 Å². The second-order valence-corrected chi connectivity index (χ2v) is 3.78. The Morgan fingerprint density at radius 1 is 1.33 bits per heavy atom. The fourth-order valence-electron chi connectivity index (χ4n) is 1.57. The predicted octanol–water partition coefficient (Wildman–Crippen LogP) is 1.81. The van der Waals surface area contributed by atoms with Gasteiger partial charge in [0.2, 0.25) is 0 Å². The van der Waals surface area contributed by atoms with E-state index in [1.54, 1.807) is 19.1 Å². The molecule has 0 aliphatic heterocycles. The second kappa shape index (κ2) is 5.73. The number of hydrogen-bond acceptors (Lipinski definition) is 3. The summed E-state index contributed by atoms with van der Waals surface area (Å²) >= 11 is 0. The fraction of sp³-hybridized carbons (Fsp3) is 0.500. The van der Waals surface area contributed by atoms with Gasteiger partial charge in [-0.05, 0) is 19.4 Å². The monoisotopic (exact) mass is 209 g/mol. The van der Waals surface area contributed by atoms with Crippen LogP contribution in [0.2, 0.25) is 0 Å². The van der Waals surface area contributed by atoms with E-state index in [0.717, 1.165) is 12.0 Å².